The molecule has 2 heterocycles. The van der Waals surface area contributed by atoms with Crippen molar-refractivity contribution in [1.29, 1.82) is 5.26 Å². The largest absolute Gasteiger partial charge is 0.352 e. The van der Waals surface area contributed by atoms with Crippen LogP contribution in [0.5, 0.6) is 0 Å². The van der Waals surface area contributed by atoms with Crippen molar-refractivity contribution in [1.82, 2.24) is 19.9 Å². The summed E-state index contributed by atoms with van der Waals surface area (Å²) in [4.78, 5) is 21.4. The van der Waals surface area contributed by atoms with Gasteiger partial charge in [0.05, 0.1) is 11.6 Å². The molecular formula is C20H21N5O. The zero-order valence-electron chi connectivity index (χ0n) is 14.9. The number of hydrogen-bond donors (Lipinski definition) is 1. The van der Waals surface area contributed by atoms with Crippen molar-refractivity contribution < 1.29 is 4.79 Å². The summed E-state index contributed by atoms with van der Waals surface area (Å²) in [7, 11) is 0. The summed E-state index contributed by atoms with van der Waals surface area (Å²) in [6.07, 6.45) is 2.39. The summed E-state index contributed by atoms with van der Waals surface area (Å²) in [5, 5.41) is 11.8. The highest BCUT2D eigenvalue weighted by Crippen LogP contribution is 2.16. The van der Waals surface area contributed by atoms with Gasteiger partial charge in [-0.05, 0) is 36.2 Å². The summed E-state index contributed by atoms with van der Waals surface area (Å²) in [5.74, 6) is 1.20. The number of amides is 1. The maximum atomic E-state index is 12.3. The third-order valence-corrected chi connectivity index (χ3v) is 4.02. The van der Waals surface area contributed by atoms with Crippen LogP contribution in [-0.2, 0) is 13.0 Å². The Morgan fingerprint density at radius 1 is 1.31 bits per heavy atom. The second-order valence-corrected chi connectivity index (χ2v) is 6.58. The van der Waals surface area contributed by atoms with Gasteiger partial charge in [-0.1, -0.05) is 19.9 Å². The number of aromatic nitrogens is 3. The van der Waals surface area contributed by atoms with E-state index in [2.05, 4.69) is 33.7 Å². The quantitative estimate of drug-likeness (QED) is 0.743. The van der Waals surface area contributed by atoms with Gasteiger partial charge in [-0.15, -0.1) is 0 Å². The van der Waals surface area contributed by atoms with E-state index in [1.807, 2.05) is 18.2 Å². The molecule has 0 unspecified atom stereocenters. The Balaban J connectivity index is 1.71. The van der Waals surface area contributed by atoms with Gasteiger partial charge in [-0.2, -0.15) is 5.26 Å². The Kier molecular flexibility index (Phi) is 5.28. The Labute approximate surface area is 152 Å². The highest BCUT2D eigenvalue weighted by molar-refractivity contribution is 5.94. The fourth-order valence-electron chi connectivity index (χ4n) is 2.87. The standard InChI is InChI=1S/C20H21N5O/c1-14(2)13-25-18(24-17-7-4-9-22-19(17)25)8-10-23-20(26)16-6-3-5-15(11-16)12-21/h3-7,9,11,14H,8,10,13H2,1-2H3,(H,23,26). The van der Waals surface area contributed by atoms with Crippen molar-refractivity contribution in [3.05, 3.63) is 59.5 Å². The highest BCUT2D eigenvalue weighted by atomic mass is 16.1. The summed E-state index contributed by atoms with van der Waals surface area (Å²) in [5.41, 5.74) is 2.71. The smallest absolute Gasteiger partial charge is 0.251 e. The fourth-order valence-corrected chi connectivity index (χ4v) is 2.87. The number of nitriles is 1. The molecule has 0 fully saturated rings. The minimum Gasteiger partial charge on any atom is -0.352 e. The number of pyridine rings is 1. The Bertz CT molecular complexity index is 968. The molecule has 3 aromatic rings. The van der Waals surface area contributed by atoms with Gasteiger partial charge in [0, 0.05) is 31.3 Å². The zero-order chi connectivity index (χ0) is 18.5. The molecule has 0 radical (unpaired) electrons. The van der Waals surface area contributed by atoms with Crippen LogP contribution in [0.1, 0.15) is 35.6 Å². The molecule has 3 rings (SSSR count). The number of nitrogens with zero attached hydrogens (tertiary/aromatic N) is 4. The summed E-state index contributed by atoms with van der Waals surface area (Å²) < 4.78 is 2.13. The maximum Gasteiger partial charge on any atom is 0.251 e. The van der Waals surface area contributed by atoms with Crippen LogP contribution >= 0.6 is 0 Å². The molecule has 0 saturated carbocycles. The third-order valence-electron chi connectivity index (χ3n) is 4.02. The van der Waals surface area contributed by atoms with Crippen LogP contribution in [0.2, 0.25) is 0 Å². The first kappa shape index (κ1) is 17.6. The van der Waals surface area contributed by atoms with E-state index in [0.29, 0.717) is 30.0 Å². The number of fused-ring (bicyclic) bond motifs is 1. The Morgan fingerprint density at radius 3 is 2.92 bits per heavy atom. The number of nitrogens with one attached hydrogen (secondary N) is 1. The van der Waals surface area contributed by atoms with Gasteiger partial charge in [-0.3, -0.25) is 4.79 Å². The SMILES string of the molecule is CC(C)Cn1c(CCNC(=O)c2cccc(C#N)c2)nc2cccnc21. The van der Waals surface area contributed by atoms with Crippen LogP contribution in [0.4, 0.5) is 0 Å². The molecule has 0 saturated heterocycles. The van der Waals surface area contributed by atoms with Crippen molar-refractivity contribution in [2.75, 3.05) is 6.54 Å². The maximum absolute atomic E-state index is 12.3. The molecule has 6 heteroatoms. The molecule has 0 spiro atoms. The molecule has 1 amide bonds. The highest BCUT2D eigenvalue weighted by Gasteiger charge is 2.13. The molecule has 132 valence electrons. The lowest BCUT2D eigenvalue weighted by Gasteiger charge is -2.11. The lowest BCUT2D eigenvalue weighted by Crippen LogP contribution is -2.26. The van der Waals surface area contributed by atoms with Crippen LogP contribution < -0.4 is 5.32 Å². The normalized spacial score (nSPS) is 10.8. The van der Waals surface area contributed by atoms with Crippen LogP contribution in [0, 0.1) is 17.2 Å². The van der Waals surface area contributed by atoms with Gasteiger partial charge >= 0.3 is 0 Å². The molecule has 0 aliphatic heterocycles. The lowest BCUT2D eigenvalue weighted by molar-refractivity contribution is 0.0954. The number of rotatable bonds is 6. The van der Waals surface area contributed by atoms with E-state index >= 15 is 0 Å². The van der Waals surface area contributed by atoms with Gasteiger partial charge in [0.25, 0.3) is 5.91 Å². The van der Waals surface area contributed by atoms with Gasteiger partial charge < -0.3 is 9.88 Å². The monoisotopic (exact) mass is 347 g/mol. The molecule has 2 aromatic heterocycles. The second-order valence-electron chi connectivity index (χ2n) is 6.58. The van der Waals surface area contributed by atoms with Crippen molar-refractivity contribution in [2.24, 2.45) is 5.92 Å². The van der Waals surface area contributed by atoms with E-state index in [1.165, 1.54) is 0 Å². The van der Waals surface area contributed by atoms with Crippen molar-refractivity contribution in [2.45, 2.75) is 26.8 Å². The molecule has 0 atom stereocenters. The molecule has 0 aliphatic rings. The first-order valence-corrected chi connectivity index (χ1v) is 8.67. The molecule has 6 nitrogen and oxygen atoms in total. The first-order valence-electron chi connectivity index (χ1n) is 8.67. The van der Waals surface area contributed by atoms with Crippen LogP contribution in [0.25, 0.3) is 11.2 Å². The van der Waals surface area contributed by atoms with Crippen LogP contribution in [0.3, 0.4) is 0 Å². The topological polar surface area (TPSA) is 83.6 Å². The predicted molar refractivity (Wildman–Crippen MR) is 99.6 cm³/mol. The number of hydrogen-bond acceptors (Lipinski definition) is 4. The average Bonchev–Trinajstić information content (AvgIpc) is 2.99. The third kappa shape index (κ3) is 3.89. The number of imidazole rings is 1. The minimum atomic E-state index is -0.188. The number of benzene rings is 1. The molecule has 0 bridgehead atoms. The molecule has 0 aliphatic carbocycles. The van der Waals surface area contributed by atoms with E-state index in [9.17, 15) is 4.79 Å². The van der Waals surface area contributed by atoms with Crippen molar-refractivity contribution in [3.63, 3.8) is 0 Å². The average molecular weight is 347 g/mol. The van der Waals surface area contributed by atoms with E-state index in [-0.39, 0.29) is 5.91 Å². The van der Waals surface area contributed by atoms with Gasteiger partial charge in [-0.25, -0.2) is 9.97 Å². The zero-order valence-corrected chi connectivity index (χ0v) is 14.9. The molecular weight excluding hydrogens is 326 g/mol. The van der Waals surface area contributed by atoms with Gasteiger partial charge in [0.2, 0.25) is 0 Å². The fraction of sp³-hybridized carbons (Fsp3) is 0.300. The molecule has 26 heavy (non-hydrogen) atoms. The number of carbonyl (C=O) groups is 1. The summed E-state index contributed by atoms with van der Waals surface area (Å²) in [6.45, 7) is 5.61. The second kappa shape index (κ2) is 7.79. The molecule has 1 N–H and O–H groups in total. The summed E-state index contributed by atoms with van der Waals surface area (Å²) in [6, 6.07) is 12.6. The van der Waals surface area contributed by atoms with E-state index in [1.54, 1.807) is 30.5 Å². The van der Waals surface area contributed by atoms with E-state index < -0.39 is 0 Å². The number of carbonyl (C=O) groups excluding carboxylic acids is 1. The Morgan fingerprint density at radius 2 is 2.15 bits per heavy atom. The Hall–Kier alpha value is -3.20. The van der Waals surface area contributed by atoms with Crippen molar-refractivity contribution >= 4 is 17.1 Å². The van der Waals surface area contributed by atoms with Crippen molar-refractivity contribution in [3.8, 4) is 6.07 Å². The van der Waals surface area contributed by atoms with E-state index in [0.717, 1.165) is 23.5 Å². The lowest BCUT2D eigenvalue weighted by atomic mass is 10.1. The molecule has 1 aromatic carbocycles. The van der Waals surface area contributed by atoms with Crippen LogP contribution in [-0.4, -0.2) is 27.0 Å². The van der Waals surface area contributed by atoms with Gasteiger partial charge in [0.1, 0.15) is 11.3 Å². The van der Waals surface area contributed by atoms with Gasteiger partial charge in [0.15, 0.2) is 5.65 Å². The minimum absolute atomic E-state index is 0.188. The van der Waals surface area contributed by atoms with Crippen LogP contribution in [0.15, 0.2) is 42.6 Å². The predicted octanol–water partition coefficient (Wildman–Crippen LogP) is 2.93. The van der Waals surface area contributed by atoms with E-state index in [4.69, 9.17) is 5.26 Å². The summed E-state index contributed by atoms with van der Waals surface area (Å²) >= 11 is 0. The first-order chi connectivity index (χ1) is 12.6.